The molecule has 0 saturated carbocycles. The maximum atomic E-state index is 13.4. The summed E-state index contributed by atoms with van der Waals surface area (Å²) < 4.78 is 53.1. The SMILES string of the molecule is C=CC(=C(C)C(F)(F)F)N1CCOc2cnc(Nc3ccc(-n4cnc(C)c4)c(OC)c3)nc21. The van der Waals surface area contributed by atoms with Crippen molar-refractivity contribution < 1.29 is 22.6 Å². The van der Waals surface area contributed by atoms with Crippen molar-refractivity contribution >= 4 is 17.5 Å². The van der Waals surface area contributed by atoms with Crippen molar-refractivity contribution in [2.75, 3.05) is 30.5 Å². The standard InChI is InChI=1S/C23H23F3N6O2/c1-5-17(15(3)23(24,25)26)32-8-9-34-20-11-27-22(30-21(20)32)29-16-6-7-18(19(10-16)33-4)31-12-14(2)28-13-31/h5-7,10-13H,1,8-9H2,2-4H3,(H,27,29,30). The number of aromatic nitrogens is 4. The first-order valence-electron chi connectivity index (χ1n) is 10.3. The maximum absolute atomic E-state index is 13.4. The van der Waals surface area contributed by atoms with E-state index in [4.69, 9.17) is 9.47 Å². The first-order chi connectivity index (χ1) is 16.2. The van der Waals surface area contributed by atoms with Gasteiger partial charge in [-0.1, -0.05) is 6.58 Å². The summed E-state index contributed by atoms with van der Waals surface area (Å²) in [6.45, 7) is 6.85. The molecule has 34 heavy (non-hydrogen) atoms. The molecule has 0 atom stereocenters. The summed E-state index contributed by atoms with van der Waals surface area (Å²) in [6, 6.07) is 5.43. The zero-order chi connectivity index (χ0) is 24.5. The Labute approximate surface area is 194 Å². The minimum absolute atomic E-state index is 0.0802. The molecule has 11 heteroatoms. The molecule has 1 aromatic carbocycles. The second-order valence-corrected chi connectivity index (χ2v) is 7.53. The average molecular weight is 472 g/mol. The third kappa shape index (κ3) is 4.54. The Morgan fingerprint density at radius 1 is 1.29 bits per heavy atom. The summed E-state index contributed by atoms with van der Waals surface area (Å²) in [4.78, 5) is 14.3. The highest BCUT2D eigenvalue weighted by Gasteiger charge is 2.35. The number of aryl methyl sites for hydroxylation is 1. The van der Waals surface area contributed by atoms with Crippen LogP contribution in [0.25, 0.3) is 5.69 Å². The predicted octanol–water partition coefficient (Wildman–Crippen LogP) is 4.94. The van der Waals surface area contributed by atoms with Gasteiger partial charge in [0, 0.05) is 23.6 Å². The fourth-order valence-electron chi connectivity index (χ4n) is 3.57. The molecule has 1 aliphatic rings. The highest BCUT2D eigenvalue weighted by Crippen LogP contribution is 2.37. The van der Waals surface area contributed by atoms with Crippen molar-refractivity contribution in [1.29, 1.82) is 0 Å². The van der Waals surface area contributed by atoms with Crippen LogP contribution in [0.5, 0.6) is 11.5 Å². The summed E-state index contributed by atoms with van der Waals surface area (Å²) in [6.07, 6.45) is 1.67. The van der Waals surface area contributed by atoms with E-state index < -0.39 is 11.7 Å². The van der Waals surface area contributed by atoms with Crippen molar-refractivity contribution in [3.05, 3.63) is 66.5 Å². The Bertz CT molecular complexity index is 1250. The number of benzene rings is 1. The predicted molar refractivity (Wildman–Crippen MR) is 122 cm³/mol. The molecule has 0 aliphatic carbocycles. The number of nitrogens with one attached hydrogen (secondary N) is 1. The van der Waals surface area contributed by atoms with Crippen LogP contribution in [0.3, 0.4) is 0 Å². The van der Waals surface area contributed by atoms with Gasteiger partial charge in [0.2, 0.25) is 5.95 Å². The van der Waals surface area contributed by atoms with E-state index in [-0.39, 0.29) is 36.4 Å². The number of rotatable bonds is 6. The molecule has 4 rings (SSSR count). The lowest BCUT2D eigenvalue weighted by Crippen LogP contribution is -2.34. The topological polar surface area (TPSA) is 77.3 Å². The van der Waals surface area contributed by atoms with Crippen LogP contribution in [0.4, 0.5) is 30.6 Å². The van der Waals surface area contributed by atoms with Crippen LogP contribution >= 0.6 is 0 Å². The molecular formula is C23H23F3N6O2. The average Bonchev–Trinajstić information content (AvgIpc) is 3.25. The Morgan fingerprint density at radius 3 is 2.74 bits per heavy atom. The molecule has 0 saturated heterocycles. The van der Waals surface area contributed by atoms with Gasteiger partial charge in [0.1, 0.15) is 12.4 Å². The van der Waals surface area contributed by atoms with Gasteiger partial charge >= 0.3 is 6.18 Å². The fourth-order valence-corrected chi connectivity index (χ4v) is 3.57. The van der Waals surface area contributed by atoms with E-state index in [0.29, 0.717) is 11.4 Å². The number of anilines is 3. The molecule has 1 aliphatic heterocycles. The van der Waals surface area contributed by atoms with Crippen molar-refractivity contribution in [3.63, 3.8) is 0 Å². The fraction of sp³-hybridized carbons (Fsp3) is 0.261. The van der Waals surface area contributed by atoms with Crippen LogP contribution in [0.2, 0.25) is 0 Å². The van der Waals surface area contributed by atoms with Crippen LogP contribution < -0.4 is 19.7 Å². The number of halogens is 3. The molecule has 0 fully saturated rings. The third-order valence-corrected chi connectivity index (χ3v) is 5.28. The van der Waals surface area contributed by atoms with Gasteiger partial charge < -0.3 is 24.3 Å². The van der Waals surface area contributed by atoms with Crippen LogP contribution in [0, 0.1) is 6.92 Å². The second kappa shape index (κ2) is 9.08. The normalized spacial score (nSPS) is 14.1. The summed E-state index contributed by atoms with van der Waals surface area (Å²) in [5.41, 5.74) is 1.45. The van der Waals surface area contributed by atoms with Crippen LogP contribution in [-0.2, 0) is 0 Å². The summed E-state index contributed by atoms with van der Waals surface area (Å²) in [7, 11) is 1.56. The van der Waals surface area contributed by atoms with Gasteiger partial charge in [-0.2, -0.15) is 18.2 Å². The van der Waals surface area contributed by atoms with Gasteiger partial charge in [0.05, 0.1) is 43.1 Å². The lowest BCUT2D eigenvalue weighted by molar-refractivity contribution is -0.0920. The zero-order valence-electron chi connectivity index (χ0n) is 18.8. The number of nitrogens with zero attached hydrogens (tertiary/aromatic N) is 5. The Hall–Kier alpha value is -4.02. The van der Waals surface area contributed by atoms with Crippen LogP contribution in [-0.4, -0.2) is 46.0 Å². The van der Waals surface area contributed by atoms with E-state index in [2.05, 4.69) is 26.8 Å². The van der Waals surface area contributed by atoms with Gasteiger partial charge in [-0.25, -0.2) is 9.97 Å². The van der Waals surface area contributed by atoms with Crippen LogP contribution in [0.1, 0.15) is 12.6 Å². The van der Waals surface area contributed by atoms with Gasteiger partial charge in [0.15, 0.2) is 11.6 Å². The number of methoxy groups -OCH3 is 1. The largest absolute Gasteiger partial charge is 0.494 e. The van der Waals surface area contributed by atoms with E-state index in [1.54, 1.807) is 19.5 Å². The number of allylic oxidation sites excluding steroid dienone is 2. The number of hydrogen-bond acceptors (Lipinski definition) is 7. The zero-order valence-corrected chi connectivity index (χ0v) is 18.8. The van der Waals surface area contributed by atoms with Crippen molar-refractivity contribution in [3.8, 4) is 17.2 Å². The number of alkyl halides is 3. The van der Waals surface area contributed by atoms with Crippen molar-refractivity contribution in [2.24, 2.45) is 0 Å². The Morgan fingerprint density at radius 2 is 2.09 bits per heavy atom. The van der Waals surface area contributed by atoms with Gasteiger partial charge in [-0.05, 0) is 32.1 Å². The van der Waals surface area contributed by atoms with Gasteiger partial charge in [-0.15, -0.1) is 0 Å². The van der Waals surface area contributed by atoms with Gasteiger partial charge in [0.25, 0.3) is 0 Å². The minimum Gasteiger partial charge on any atom is -0.494 e. The number of ether oxygens (including phenoxy) is 2. The Balaban J connectivity index is 1.67. The van der Waals surface area contributed by atoms with Crippen LogP contribution in [0.15, 0.2) is 60.8 Å². The molecule has 3 heterocycles. The van der Waals surface area contributed by atoms with E-state index in [1.807, 2.05) is 29.8 Å². The highest BCUT2D eigenvalue weighted by molar-refractivity contribution is 5.66. The monoisotopic (exact) mass is 472 g/mol. The van der Waals surface area contributed by atoms with E-state index in [1.165, 1.54) is 17.2 Å². The first kappa shape index (κ1) is 23.1. The molecule has 1 N–H and O–H groups in total. The van der Waals surface area contributed by atoms with Crippen molar-refractivity contribution in [1.82, 2.24) is 19.5 Å². The van der Waals surface area contributed by atoms with Crippen molar-refractivity contribution in [2.45, 2.75) is 20.0 Å². The molecule has 0 amide bonds. The van der Waals surface area contributed by atoms with E-state index in [0.717, 1.165) is 18.3 Å². The first-order valence-corrected chi connectivity index (χ1v) is 10.3. The minimum atomic E-state index is -4.50. The summed E-state index contributed by atoms with van der Waals surface area (Å²) in [5.74, 6) is 1.29. The molecule has 2 aromatic heterocycles. The molecular weight excluding hydrogens is 449 g/mol. The molecule has 3 aromatic rings. The quantitative estimate of drug-likeness (QED) is 0.509. The van der Waals surface area contributed by atoms with E-state index in [9.17, 15) is 13.2 Å². The lowest BCUT2D eigenvalue weighted by atomic mass is 10.2. The second-order valence-electron chi connectivity index (χ2n) is 7.53. The summed E-state index contributed by atoms with van der Waals surface area (Å²) in [5, 5.41) is 3.08. The van der Waals surface area contributed by atoms with E-state index >= 15 is 0 Å². The van der Waals surface area contributed by atoms with Gasteiger partial charge in [-0.3, -0.25) is 0 Å². The molecule has 8 nitrogen and oxygen atoms in total. The Kier molecular flexibility index (Phi) is 6.18. The molecule has 178 valence electrons. The highest BCUT2D eigenvalue weighted by atomic mass is 19.4. The third-order valence-electron chi connectivity index (χ3n) is 5.28. The number of hydrogen-bond donors (Lipinski definition) is 1. The molecule has 0 unspecified atom stereocenters. The maximum Gasteiger partial charge on any atom is 0.414 e. The molecule has 0 radical (unpaired) electrons. The molecule has 0 bridgehead atoms. The lowest BCUT2D eigenvalue weighted by Gasteiger charge is -2.32. The number of imidazole rings is 1. The number of fused-ring (bicyclic) bond motifs is 1. The summed E-state index contributed by atoms with van der Waals surface area (Å²) >= 11 is 0. The smallest absolute Gasteiger partial charge is 0.414 e. The molecule has 0 spiro atoms.